The summed E-state index contributed by atoms with van der Waals surface area (Å²) in [6.45, 7) is 1.77. The van der Waals surface area contributed by atoms with Gasteiger partial charge in [0, 0.05) is 29.9 Å². The molecule has 0 aliphatic rings. The fraction of sp³-hybridized carbons (Fsp3) is 0.250. The number of para-hydroxylation sites is 1. The number of carbonyl (C=O) groups excluding carboxylic acids is 3. The Labute approximate surface area is 284 Å². The Bertz CT molecular complexity index is 1790. The van der Waals surface area contributed by atoms with Gasteiger partial charge in [-0.05, 0) is 66.1 Å². The number of methoxy groups -OCH3 is 3. The quantitative estimate of drug-likeness (QED) is 0.0926. The van der Waals surface area contributed by atoms with E-state index in [0.717, 1.165) is 5.56 Å². The van der Waals surface area contributed by atoms with Gasteiger partial charge in [-0.2, -0.15) is 0 Å². The van der Waals surface area contributed by atoms with Crippen LogP contribution in [0, 0.1) is 6.92 Å². The molecular formula is C36H39N5O8. The number of carboxylic acid groups (broad SMARTS) is 1. The van der Waals surface area contributed by atoms with E-state index in [1.54, 1.807) is 54.6 Å². The highest BCUT2D eigenvalue weighted by Crippen LogP contribution is 2.28. The lowest BCUT2D eigenvalue weighted by Crippen LogP contribution is -2.29. The van der Waals surface area contributed by atoms with Gasteiger partial charge < -0.3 is 40.6 Å². The average Bonchev–Trinajstić information content (AvgIpc) is 3.10. The van der Waals surface area contributed by atoms with Crippen LogP contribution in [0.15, 0.2) is 79.0 Å². The molecule has 256 valence electrons. The highest BCUT2D eigenvalue weighted by atomic mass is 16.5. The van der Waals surface area contributed by atoms with Gasteiger partial charge in [-0.15, -0.1) is 0 Å². The third kappa shape index (κ3) is 10.3. The third-order valence-electron chi connectivity index (χ3n) is 7.56. The van der Waals surface area contributed by atoms with Gasteiger partial charge in [-0.3, -0.25) is 14.4 Å². The zero-order chi connectivity index (χ0) is 35.3. The monoisotopic (exact) mass is 669 g/mol. The second-order valence-corrected chi connectivity index (χ2v) is 11.0. The van der Waals surface area contributed by atoms with Gasteiger partial charge in [0.25, 0.3) is 0 Å². The number of aliphatic carboxylic acids is 1. The predicted octanol–water partition coefficient (Wildman–Crippen LogP) is 5.27. The van der Waals surface area contributed by atoms with E-state index in [1.807, 2.05) is 25.1 Å². The van der Waals surface area contributed by atoms with Crippen LogP contribution in [0.1, 0.15) is 39.5 Å². The summed E-state index contributed by atoms with van der Waals surface area (Å²) in [5.41, 5.74) is 3.71. The minimum atomic E-state index is -1.05. The first-order chi connectivity index (χ1) is 23.6. The SMILES string of the molecule is COc1cc(CC(=O)CNc2ccc(C(CC(=O)O)NCC(=O)c3ccc(OC)c(OC)c3)cn2)ccc1NC(=O)Nc1ccccc1C. The first-order valence-corrected chi connectivity index (χ1v) is 15.3. The van der Waals surface area contributed by atoms with Crippen molar-refractivity contribution in [2.24, 2.45) is 0 Å². The number of rotatable bonds is 17. The van der Waals surface area contributed by atoms with Crippen molar-refractivity contribution < 1.29 is 38.5 Å². The molecule has 0 saturated carbocycles. The van der Waals surface area contributed by atoms with Gasteiger partial charge in [0.1, 0.15) is 11.6 Å². The van der Waals surface area contributed by atoms with Crippen molar-refractivity contribution in [3.05, 3.63) is 101 Å². The number of ether oxygens (including phenoxy) is 3. The molecule has 0 bridgehead atoms. The van der Waals surface area contributed by atoms with Crippen LogP contribution in [0.5, 0.6) is 17.2 Å². The van der Waals surface area contributed by atoms with Crippen molar-refractivity contribution in [3.63, 3.8) is 0 Å². The number of hydrogen-bond donors (Lipinski definition) is 5. The lowest BCUT2D eigenvalue weighted by atomic mass is 10.0. The molecule has 1 unspecified atom stereocenters. The highest BCUT2D eigenvalue weighted by Gasteiger charge is 2.19. The first kappa shape index (κ1) is 35.9. The number of urea groups is 1. The molecule has 13 nitrogen and oxygen atoms in total. The maximum absolute atomic E-state index is 12.8. The van der Waals surface area contributed by atoms with E-state index < -0.39 is 18.0 Å². The maximum atomic E-state index is 12.8. The molecule has 0 radical (unpaired) electrons. The Morgan fingerprint density at radius 1 is 0.796 bits per heavy atom. The normalized spacial score (nSPS) is 11.2. The molecule has 1 heterocycles. The Hall–Kier alpha value is -5.95. The molecule has 0 saturated heterocycles. The molecule has 2 amide bonds. The summed E-state index contributed by atoms with van der Waals surface area (Å²) in [5.74, 6) is 0.302. The van der Waals surface area contributed by atoms with Crippen LogP contribution in [0.4, 0.5) is 22.0 Å². The average molecular weight is 670 g/mol. The van der Waals surface area contributed by atoms with Crippen molar-refractivity contribution in [2.75, 3.05) is 50.4 Å². The summed E-state index contributed by atoms with van der Waals surface area (Å²) in [5, 5.41) is 21.0. The molecule has 0 fully saturated rings. The molecule has 3 aromatic carbocycles. The molecular weight excluding hydrogens is 630 g/mol. The molecule has 13 heteroatoms. The number of Topliss-reactive ketones (excluding diaryl/α,β-unsaturated/α-hetero) is 2. The fourth-order valence-electron chi connectivity index (χ4n) is 4.94. The molecule has 0 aliphatic heterocycles. The van der Waals surface area contributed by atoms with Crippen LogP contribution < -0.4 is 35.5 Å². The van der Waals surface area contributed by atoms with E-state index >= 15 is 0 Å². The number of hydrogen-bond acceptors (Lipinski definition) is 10. The standard InChI is InChI=1S/C36H39N5O8/c1-22-7-5-6-8-27(22)40-36(46)41-28-12-9-23(16-32(28)48-3)15-26(42)20-39-34-14-11-25(19-38-34)29(18-35(44)45)37-21-30(43)24-10-13-31(47-2)33(17-24)49-4/h5-14,16-17,19,29,37H,15,18,20-21H2,1-4H3,(H,38,39)(H,44,45)(H2,40,41,46). The Kier molecular flexibility index (Phi) is 12.7. The number of benzene rings is 3. The molecule has 1 atom stereocenters. The zero-order valence-corrected chi connectivity index (χ0v) is 27.7. The van der Waals surface area contributed by atoms with Crippen LogP contribution in [-0.4, -0.2) is 68.1 Å². The van der Waals surface area contributed by atoms with E-state index in [2.05, 4.69) is 26.3 Å². The second-order valence-electron chi connectivity index (χ2n) is 11.0. The molecule has 4 aromatic rings. The molecule has 0 spiro atoms. The Morgan fingerprint density at radius 2 is 1.53 bits per heavy atom. The van der Waals surface area contributed by atoms with Gasteiger partial charge in [0.05, 0.1) is 46.5 Å². The van der Waals surface area contributed by atoms with Crippen LogP contribution >= 0.6 is 0 Å². The van der Waals surface area contributed by atoms with Crippen molar-refractivity contribution in [2.45, 2.75) is 25.8 Å². The van der Waals surface area contributed by atoms with Gasteiger partial charge in [0.2, 0.25) is 0 Å². The summed E-state index contributed by atoms with van der Waals surface area (Å²) in [4.78, 5) is 54.1. The molecule has 0 aliphatic carbocycles. The largest absolute Gasteiger partial charge is 0.495 e. The minimum Gasteiger partial charge on any atom is -0.495 e. The minimum absolute atomic E-state index is 0.00980. The van der Waals surface area contributed by atoms with E-state index in [-0.39, 0.29) is 37.5 Å². The maximum Gasteiger partial charge on any atom is 0.323 e. The van der Waals surface area contributed by atoms with Crippen molar-refractivity contribution in [3.8, 4) is 17.2 Å². The number of aromatic nitrogens is 1. The summed E-state index contributed by atoms with van der Waals surface area (Å²) >= 11 is 0. The number of ketones is 2. The summed E-state index contributed by atoms with van der Waals surface area (Å²) in [6.07, 6.45) is 1.33. The predicted molar refractivity (Wildman–Crippen MR) is 185 cm³/mol. The number of carbonyl (C=O) groups is 4. The molecule has 49 heavy (non-hydrogen) atoms. The second kappa shape index (κ2) is 17.3. The highest BCUT2D eigenvalue weighted by molar-refractivity contribution is 6.01. The van der Waals surface area contributed by atoms with Crippen molar-refractivity contribution in [1.29, 1.82) is 0 Å². The molecule has 1 aromatic heterocycles. The number of nitrogens with zero attached hydrogens (tertiary/aromatic N) is 1. The summed E-state index contributed by atoms with van der Waals surface area (Å²) in [7, 11) is 4.45. The van der Waals surface area contributed by atoms with Gasteiger partial charge >= 0.3 is 12.0 Å². The van der Waals surface area contributed by atoms with Crippen molar-refractivity contribution >= 4 is 40.8 Å². The van der Waals surface area contributed by atoms with Crippen molar-refractivity contribution in [1.82, 2.24) is 10.3 Å². The number of amides is 2. The third-order valence-corrected chi connectivity index (χ3v) is 7.56. The lowest BCUT2D eigenvalue weighted by molar-refractivity contribution is -0.137. The van der Waals surface area contributed by atoms with E-state index in [1.165, 1.54) is 27.5 Å². The Balaban J connectivity index is 1.30. The summed E-state index contributed by atoms with van der Waals surface area (Å²) in [6, 6.07) is 19.5. The number of carboxylic acids is 1. The first-order valence-electron chi connectivity index (χ1n) is 15.3. The fourth-order valence-corrected chi connectivity index (χ4v) is 4.94. The van der Waals surface area contributed by atoms with Gasteiger partial charge in [-0.25, -0.2) is 9.78 Å². The van der Waals surface area contributed by atoms with Gasteiger partial charge in [-0.1, -0.05) is 30.3 Å². The number of pyridine rings is 1. The van der Waals surface area contributed by atoms with E-state index in [4.69, 9.17) is 14.2 Å². The van der Waals surface area contributed by atoms with E-state index in [0.29, 0.717) is 51.1 Å². The van der Waals surface area contributed by atoms with Crippen LogP contribution in [0.3, 0.4) is 0 Å². The molecule has 4 rings (SSSR count). The number of anilines is 3. The van der Waals surface area contributed by atoms with Crippen LogP contribution in [0.25, 0.3) is 0 Å². The smallest absolute Gasteiger partial charge is 0.323 e. The lowest BCUT2D eigenvalue weighted by Gasteiger charge is -2.17. The Morgan fingerprint density at radius 3 is 2.20 bits per heavy atom. The van der Waals surface area contributed by atoms with E-state index in [9.17, 15) is 24.3 Å². The number of nitrogens with one attached hydrogen (secondary N) is 4. The van der Waals surface area contributed by atoms with Gasteiger partial charge in [0.15, 0.2) is 23.1 Å². The van der Waals surface area contributed by atoms with Crippen LogP contribution in [-0.2, 0) is 16.0 Å². The molecule has 5 N–H and O–H groups in total. The topological polar surface area (TPSA) is 177 Å². The zero-order valence-electron chi connectivity index (χ0n) is 27.7. The number of aryl methyl sites for hydroxylation is 1. The van der Waals surface area contributed by atoms with Crippen LogP contribution in [0.2, 0.25) is 0 Å². The summed E-state index contributed by atoms with van der Waals surface area (Å²) < 4.78 is 15.9.